The van der Waals surface area contributed by atoms with Crippen LogP contribution >= 0.6 is 11.6 Å². The smallest absolute Gasteiger partial charge is 0.176 e. The Bertz CT molecular complexity index is 431. The summed E-state index contributed by atoms with van der Waals surface area (Å²) in [4.78, 5) is 11.9. The number of aryl methyl sites for hydroxylation is 1. The number of carbonyl (C=O) groups excluding carboxylic acids is 1. The van der Waals surface area contributed by atoms with Gasteiger partial charge in [-0.1, -0.05) is 31.2 Å². The van der Waals surface area contributed by atoms with Crippen LogP contribution in [0.3, 0.4) is 0 Å². The topological polar surface area (TPSA) is 17.1 Å². The highest BCUT2D eigenvalue weighted by molar-refractivity contribution is 6.34. The van der Waals surface area contributed by atoms with Gasteiger partial charge >= 0.3 is 0 Å². The first kappa shape index (κ1) is 12.4. The van der Waals surface area contributed by atoms with Gasteiger partial charge in [0.25, 0.3) is 0 Å². The standard InChI is InChI=1S/C15H17ClO/c1-2-11-6-8-12(9-7-11)10-13-4-3-5-14(16)15(13)17/h6-10,14H,2-5H2,1H3. The lowest BCUT2D eigenvalue weighted by molar-refractivity contribution is -0.116. The van der Waals surface area contributed by atoms with Crippen LogP contribution < -0.4 is 0 Å². The van der Waals surface area contributed by atoms with Gasteiger partial charge in [-0.15, -0.1) is 11.6 Å². The summed E-state index contributed by atoms with van der Waals surface area (Å²) >= 11 is 5.99. The van der Waals surface area contributed by atoms with Crippen LogP contribution in [0.1, 0.15) is 37.3 Å². The minimum absolute atomic E-state index is 0.109. The van der Waals surface area contributed by atoms with E-state index in [4.69, 9.17) is 11.6 Å². The molecule has 1 unspecified atom stereocenters. The molecule has 0 amide bonds. The fraction of sp³-hybridized carbons (Fsp3) is 0.400. The summed E-state index contributed by atoms with van der Waals surface area (Å²) in [5.41, 5.74) is 3.29. The molecule has 17 heavy (non-hydrogen) atoms. The van der Waals surface area contributed by atoms with E-state index in [1.54, 1.807) is 0 Å². The van der Waals surface area contributed by atoms with Gasteiger partial charge in [-0.2, -0.15) is 0 Å². The van der Waals surface area contributed by atoms with Crippen molar-refractivity contribution in [3.8, 4) is 0 Å². The van der Waals surface area contributed by atoms with Gasteiger partial charge in [-0.25, -0.2) is 0 Å². The predicted octanol–water partition coefficient (Wildman–Crippen LogP) is 3.99. The predicted molar refractivity (Wildman–Crippen MR) is 72.3 cm³/mol. The SMILES string of the molecule is CCc1ccc(C=C2CCCC(Cl)C2=O)cc1. The number of benzene rings is 1. The van der Waals surface area contributed by atoms with Crippen LogP contribution in [0.25, 0.3) is 6.08 Å². The minimum atomic E-state index is -0.315. The monoisotopic (exact) mass is 248 g/mol. The molecule has 0 spiro atoms. The van der Waals surface area contributed by atoms with Crippen molar-refractivity contribution in [2.75, 3.05) is 0 Å². The molecule has 0 radical (unpaired) electrons. The quantitative estimate of drug-likeness (QED) is 0.571. The van der Waals surface area contributed by atoms with E-state index in [9.17, 15) is 4.79 Å². The molecule has 0 bridgehead atoms. The molecule has 0 saturated heterocycles. The number of halogens is 1. The Morgan fingerprint density at radius 1 is 1.35 bits per heavy atom. The molecule has 2 rings (SSSR count). The average molecular weight is 249 g/mol. The van der Waals surface area contributed by atoms with Gasteiger partial charge in [0.2, 0.25) is 0 Å². The van der Waals surface area contributed by atoms with E-state index < -0.39 is 0 Å². The number of hydrogen-bond donors (Lipinski definition) is 0. The molecule has 1 saturated carbocycles. The third kappa shape index (κ3) is 2.98. The molecule has 1 nitrogen and oxygen atoms in total. The van der Waals surface area contributed by atoms with Crippen molar-refractivity contribution in [1.82, 2.24) is 0 Å². The van der Waals surface area contributed by atoms with Gasteiger partial charge in [0.05, 0.1) is 5.38 Å². The van der Waals surface area contributed by atoms with Gasteiger partial charge < -0.3 is 0 Å². The Balaban J connectivity index is 2.19. The highest BCUT2D eigenvalue weighted by atomic mass is 35.5. The molecule has 1 atom stereocenters. The lowest BCUT2D eigenvalue weighted by Gasteiger charge is -2.17. The van der Waals surface area contributed by atoms with Gasteiger partial charge in [-0.3, -0.25) is 4.79 Å². The van der Waals surface area contributed by atoms with Gasteiger partial charge in [0.1, 0.15) is 0 Å². The number of alkyl halides is 1. The maximum absolute atomic E-state index is 11.9. The Morgan fingerprint density at radius 3 is 2.71 bits per heavy atom. The van der Waals surface area contributed by atoms with Crippen LogP contribution in [0.5, 0.6) is 0 Å². The summed E-state index contributed by atoms with van der Waals surface area (Å²) in [6.45, 7) is 2.14. The Hall–Kier alpha value is -1.08. The molecule has 0 N–H and O–H groups in total. The minimum Gasteiger partial charge on any atom is -0.293 e. The van der Waals surface area contributed by atoms with E-state index in [-0.39, 0.29) is 11.2 Å². The number of Topliss-reactive ketones (excluding diaryl/α,β-unsaturated/α-hetero) is 1. The lowest BCUT2D eigenvalue weighted by Crippen LogP contribution is -2.21. The molecule has 0 heterocycles. The first-order valence-corrected chi connectivity index (χ1v) is 6.62. The number of ketones is 1. The molecular weight excluding hydrogens is 232 g/mol. The van der Waals surface area contributed by atoms with Crippen LogP contribution in [0.2, 0.25) is 0 Å². The van der Waals surface area contributed by atoms with Crippen molar-refractivity contribution < 1.29 is 4.79 Å². The Labute approximate surface area is 107 Å². The van der Waals surface area contributed by atoms with Crippen molar-refractivity contribution in [2.45, 2.75) is 38.0 Å². The Kier molecular flexibility index (Phi) is 4.01. The normalized spacial score (nSPS) is 23.1. The number of carbonyl (C=O) groups is 1. The van der Waals surface area contributed by atoms with Crippen LogP contribution in [-0.2, 0) is 11.2 Å². The molecule has 1 aromatic rings. The zero-order valence-corrected chi connectivity index (χ0v) is 10.8. The summed E-state index contributed by atoms with van der Waals surface area (Å²) in [5, 5.41) is -0.315. The van der Waals surface area contributed by atoms with Crippen LogP contribution in [0.4, 0.5) is 0 Å². The second kappa shape index (κ2) is 5.50. The molecule has 1 fully saturated rings. The number of allylic oxidation sites excluding steroid dienone is 1. The summed E-state index contributed by atoms with van der Waals surface area (Å²) in [6, 6.07) is 8.35. The van der Waals surface area contributed by atoms with Crippen LogP contribution in [-0.4, -0.2) is 11.2 Å². The lowest BCUT2D eigenvalue weighted by atomic mass is 9.91. The molecular formula is C15H17ClO. The van der Waals surface area contributed by atoms with Crippen molar-refractivity contribution >= 4 is 23.5 Å². The van der Waals surface area contributed by atoms with Gasteiger partial charge in [-0.05, 0) is 48.5 Å². The molecule has 1 aliphatic rings. The molecule has 90 valence electrons. The maximum Gasteiger partial charge on any atom is 0.176 e. The van der Waals surface area contributed by atoms with E-state index >= 15 is 0 Å². The van der Waals surface area contributed by atoms with E-state index in [1.165, 1.54) is 5.56 Å². The second-order valence-corrected chi connectivity index (χ2v) is 5.02. The van der Waals surface area contributed by atoms with Crippen molar-refractivity contribution in [3.63, 3.8) is 0 Å². The first-order valence-electron chi connectivity index (χ1n) is 6.18. The summed E-state index contributed by atoms with van der Waals surface area (Å²) in [5.74, 6) is 0.109. The highest BCUT2D eigenvalue weighted by Gasteiger charge is 2.23. The van der Waals surface area contributed by atoms with Gasteiger partial charge in [0, 0.05) is 0 Å². The van der Waals surface area contributed by atoms with E-state index in [1.807, 2.05) is 6.08 Å². The maximum atomic E-state index is 11.9. The number of rotatable bonds is 2. The van der Waals surface area contributed by atoms with E-state index in [0.717, 1.165) is 36.8 Å². The fourth-order valence-electron chi connectivity index (χ4n) is 2.12. The summed E-state index contributed by atoms with van der Waals surface area (Å²) < 4.78 is 0. The molecule has 0 aliphatic heterocycles. The van der Waals surface area contributed by atoms with E-state index in [0.29, 0.717) is 0 Å². The highest BCUT2D eigenvalue weighted by Crippen LogP contribution is 2.25. The summed E-state index contributed by atoms with van der Waals surface area (Å²) in [6.07, 6.45) is 5.71. The largest absolute Gasteiger partial charge is 0.293 e. The first-order chi connectivity index (χ1) is 8.20. The third-order valence-electron chi connectivity index (χ3n) is 3.23. The van der Waals surface area contributed by atoms with Crippen LogP contribution in [0.15, 0.2) is 29.8 Å². The average Bonchev–Trinajstić information content (AvgIpc) is 2.36. The third-order valence-corrected chi connectivity index (χ3v) is 3.65. The molecule has 0 aromatic heterocycles. The summed E-state index contributed by atoms with van der Waals surface area (Å²) in [7, 11) is 0. The molecule has 1 aromatic carbocycles. The fourth-order valence-corrected chi connectivity index (χ4v) is 2.42. The molecule has 2 heteroatoms. The zero-order chi connectivity index (χ0) is 12.3. The van der Waals surface area contributed by atoms with E-state index in [2.05, 4.69) is 31.2 Å². The molecule has 1 aliphatic carbocycles. The van der Waals surface area contributed by atoms with Crippen molar-refractivity contribution in [2.24, 2.45) is 0 Å². The second-order valence-electron chi connectivity index (χ2n) is 4.49. The van der Waals surface area contributed by atoms with Crippen molar-refractivity contribution in [1.29, 1.82) is 0 Å². The van der Waals surface area contributed by atoms with Crippen LogP contribution in [0, 0.1) is 0 Å². The van der Waals surface area contributed by atoms with Crippen molar-refractivity contribution in [3.05, 3.63) is 41.0 Å². The Morgan fingerprint density at radius 2 is 2.06 bits per heavy atom. The van der Waals surface area contributed by atoms with Gasteiger partial charge in [0.15, 0.2) is 5.78 Å². The zero-order valence-electron chi connectivity index (χ0n) is 10.1. The number of hydrogen-bond acceptors (Lipinski definition) is 1.